The van der Waals surface area contributed by atoms with Gasteiger partial charge in [0.15, 0.2) is 11.6 Å². The van der Waals surface area contributed by atoms with E-state index in [1.54, 1.807) is 6.07 Å². The molecule has 4 heteroatoms. The Bertz CT molecular complexity index is 540. The van der Waals surface area contributed by atoms with Gasteiger partial charge in [-0.15, -0.1) is 0 Å². The minimum absolute atomic E-state index is 0.249. The lowest BCUT2D eigenvalue weighted by atomic mass is 9.99. The van der Waals surface area contributed by atoms with E-state index in [1.165, 1.54) is 24.3 Å². The van der Waals surface area contributed by atoms with E-state index in [0.717, 1.165) is 12.1 Å². The molecule has 2 rings (SSSR count). The summed E-state index contributed by atoms with van der Waals surface area (Å²) in [5, 5.41) is 0. The zero-order valence-electron chi connectivity index (χ0n) is 8.83. The van der Waals surface area contributed by atoms with Gasteiger partial charge in [0.25, 0.3) is 0 Å². The maximum atomic E-state index is 13.5. The van der Waals surface area contributed by atoms with E-state index in [-0.39, 0.29) is 5.56 Å². The molecule has 2 N–H and O–H groups in total. The average Bonchev–Trinajstić information content (AvgIpc) is 2.32. The number of hydrogen-bond acceptors (Lipinski definition) is 1. The lowest BCUT2D eigenvalue weighted by molar-refractivity contribution is 0.506. The molecular formula is C13H10F3N. The summed E-state index contributed by atoms with van der Waals surface area (Å²) in [7, 11) is 0. The van der Waals surface area contributed by atoms with Gasteiger partial charge in [-0.1, -0.05) is 24.3 Å². The molecule has 0 saturated carbocycles. The third-order valence-corrected chi connectivity index (χ3v) is 2.54. The first kappa shape index (κ1) is 11.7. The highest BCUT2D eigenvalue weighted by Crippen LogP contribution is 2.23. The van der Waals surface area contributed by atoms with Gasteiger partial charge in [-0.3, -0.25) is 0 Å². The van der Waals surface area contributed by atoms with Gasteiger partial charge in [-0.05, 0) is 23.8 Å². The van der Waals surface area contributed by atoms with Crippen LogP contribution in [0.4, 0.5) is 13.2 Å². The SMILES string of the molecule is NC(c1ccc(F)c(F)c1)c1ccccc1F. The zero-order valence-corrected chi connectivity index (χ0v) is 8.83. The van der Waals surface area contributed by atoms with Crippen molar-refractivity contribution in [2.45, 2.75) is 6.04 Å². The van der Waals surface area contributed by atoms with Crippen molar-refractivity contribution in [3.63, 3.8) is 0 Å². The summed E-state index contributed by atoms with van der Waals surface area (Å²) < 4.78 is 39.2. The summed E-state index contributed by atoms with van der Waals surface area (Å²) >= 11 is 0. The van der Waals surface area contributed by atoms with Crippen LogP contribution in [0.25, 0.3) is 0 Å². The third-order valence-electron chi connectivity index (χ3n) is 2.54. The van der Waals surface area contributed by atoms with E-state index in [1.807, 2.05) is 0 Å². The van der Waals surface area contributed by atoms with Crippen molar-refractivity contribution >= 4 is 0 Å². The maximum Gasteiger partial charge on any atom is 0.159 e. The molecule has 0 saturated heterocycles. The maximum absolute atomic E-state index is 13.5. The average molecular weight is 237 g/mol. The van der Waals surface area contributed by atoms with Crippen LogP contribution >= 0.6 is 0 Å². The Labute approximate surface area is 96.7 Å². The van der Waals surface area contributed by atoms with Gasteiger partial charge in [0.1, 0.15) is 5.82 Å². The van der Waals surface area contributed by atoms with Gasteiger partial charge < -0.3 is 5.73 Å². The summed E-state index contributed by atoms with van der Waals surface area (Å²) in [6.45, 7) is 0. The van der Waals surface area contributed by atoms with Gasteiger partial charge >= 0.3 is 0 Å². The van der Waals surface area contributed by atoms with Crippen LogP contribution < -0.4 is 5.73 Å². The first-order valence-corrected chi connectivity index (χ1v) is 5.04. The second kappa shape index (κ2) is 4.59. The highest BCUT2D eigenvalue weighted by molar-refractivity contribution is 5.32. The van der Waals surface area contributed by atoms with Crippen LogP contribution in [0.3, 0.4) is 0 Å². The normalized spacial score (nSPS) is 12.5. The lowest BCUT2D eigenvalue weighted by Gasteiger charge is -2.13. The number of nitrogens with two attached hydrogens (primary N) is 1. The largest absolute Gasteiger partial charge is 0.320 e. The van der Waals surface area contributed by atoms with E-state index in [0.29, 0.717) is 5.56 Å². The summed E-state index contributed by atoms with van der Waals surface area (Å²) in [5.41, 5.74) is 6.38. The molecule has 0 aromatic heterocycles. The molecule has 0 radical (unpaired) electrons. The van der Waals surface area contributed by atoms with Gasteiger partial charge in [-0.25, -0.2) is 13.2 Å². The summed E-state index contributed by atoms with van der Waals surface area (Å²) in [6, 6.07) is 8.45. The standard InChI is InChI=1S/C13H10F3N/c14-10-4-2-1-3-9(10)13(17)8-5-6-11(15)12(16)7-8/h1-7,13H,17H2. The van der Waals surface area contributed by atoms with Gasteiger partial charge in [0.2, 0.25) is 0 Å². The molecule has 0 heterocycles. The smallest absolute Gasteiger partial charge is 0.159 e. The monoisotopic (exact) mass is 237 g/mol. The topological polar surface area (TPSA) is 26.0 Å². The Morgan fingerprint density at radius 3 is 2.18 bits per heavy atom. The van der Waals surface area contributed by atoms with Crippen LogP contribution in [0, 0.1) is 17.5 Å². The molecule has 0 aliphatic heterocycles. The molecule has 2 aromatic rings. The number of benzene rings is 2. The first-order valence-electron chi connectivity index (χ1n) is 5.04. The first-order chi connectivity index (χ1) is 8.09. The molecular weight excluding hydrogens is 227 g/mol. The molecule has 0 spiro atoms. The predicted octanol–water partition coefficient (Wildman–Crippen LogP) is 3.15. The molecule has 0 aliphatic rings. The minimum Gasteiger partial charge on any atom is -0.320 e. The Morgan fingerprint density at radius 2 is 1.53 bits per heavy atom. The molecule has 0 aliphatic carbocycles. The fourth-order valence-electron chi connectivity index (χ4n) is 1.61. The van der Waals surface area contributed by atoms with Crippen LogP contribution in [-0.2, 0) is 0 Å². The Morgan fingerprint density at radius 1 is 0.824 bits per heavy atom. The fourth-order valence-corrected chi connectivity index (χ4v) is 1.61. The van der Waals surface area contributed by atoms with Crippen molar-refractivity contribution in [3.8, 4) is 0 Å². The van der Waals surface area contributed by atoms with Crippen LogP contribution in [0.5, 0.6) is 0 Å². The van der Waals surface area contributed by atoms with E-state index in [9.17, 15) is 13.2 Å². The number of hydrogen-bond donors (Lipinski definition) is 1. The minimum atomic E-state index is -0.991. The van der Waals surface area contributed by atoms with Crippen molar-refractivity contribution in [2.24, 2.45) is 5.73 Å². The van der Waals surface area contributed by atoms with Crippen molar-refractivity contribution in [2.75, 3.05) is 0 Å². The third kappa shape index (κ3) is 2.31. The Hall–Kier alpha value is -1.81. The van der Waals surface area contributed by atoms with Crippen LogP contribution in [0.1, 0.15) is 17.2 Å². The quantitative estimate of drug-likeness (QED) is 0.853. The molecule has 1 atom stereocenters. The zero-order chi connectivity index (χ0) is 12.4. The molecule has 1 nitrogen and oxygen atoms in total. The summed E-state index contributed by atoms with van der Waals surface area (Å²) in [5.74, 6) is -2.41. The Kier molecular flexibility index (Phi) is 3.15. The molecule has 0 fully saturated rings. The van der Waals surface area contributed by atoms with Crippen LogP contribution in [0.15, 0.2) is 42.5 Å². The molecule has 88 valence electrons. The van der Waals surface area contributed by atoms with Crippen molar-refractivity contribution < 1.29 is 13.2 Å². The fraction of sp³-hybridized carbons (Fsp3) is 0.0769. The highest BCUT2D eigenvalue weighted by Gasteiger charge is 2.14. The Balaban J connectivity index is 2.40. The van der Waals surface area contributed by atoms with Crippen LogP contribution in [0.2, 0.25) is 0 Å². The van der Waals surface area contributed by atoms with Gasteiger partial charge in [-0.2, -0.15) is 0 Å². The second-order valence-corrected chi connectivity index (χ2v) is 3.67. The number of halogens is 3. The van der Waals surface area contributed by atoms with Gasteiger partial charge in [0, 0.05) is 5.56 Å². The van der Waals surface area contributed by atoms with Crippen molar-refractivity contribution in [3.05, 3.63) is 71.0 Å². The summed E-state index contributed by atoms with van der Waals surface area (Å²) in [6.07, 6.45) is 0. The molecule has 17 heavy (non-hydrogen) atoms. The predicted molar refractivity (Wildman–Crippen MR) is 58.8 cm³/mol. The van der Waals surface area contributed by atoms with Gasteiger partial charge in [0.05, 0.1) is 6.04 Å². The second-order valence-electron chi connectivity index (χ2n) is 3.67. The van der Waals surface area contributed by atoms with Crippen molar-refractivity contribution in [1.29, 1.82) is 0 Å². The molecule has 0 amide bonds. The van der Waals surface area contributed by atoms with E-state index >= 15 is 0 Å². The number of rotatable bonds is 2. The van der Waals surface area contributed by atoms with E-state index in [2.05, 4.69) is 0 Å². The highest BCUT2D eigenvalue weighted by atomic mass is 19.2. The summed E-state index contributed by atoms with van der Waals surface area (Å²) in [4.78, 5) is 0. The van der Waals surface area contributed by atoms with Crippen molar-refractivity contribution in [1.82, 2.24) is 0 Å². The molecule has 1 unspecified atom stereocenters. The van der Waals surface area contributed by atoms with E-state index in [4.69, 9.17) is 5.73 Å². The molecule has 2 aromatic carbocycles. The van der Waals surface area contributed by atoms with E-state index < -0.39 is 23.5 Å². The lowest BCUT2D eigenvalue weighted by Crippen LogP contribution is -2.14. The molecule has 0 bridgehead atoms. The van der Waals surface area contributed by atoms with Crippen LogP contribution in [-0.4, -0.2) is 0 Å².